The van der Waals surface area contributed by atoms with Crippen LogP contribution in [0.1, 0.15) is 25.7 Å². The van der Waals surface area contributed by atoms with Gasteiger partial charge in [0, 0.05) is 25.3 Å². The number of sulfonamides is 1. The van der Waals surface area contributed by atoms with Gasteiger partial charge in [0.2, 0.25) is 16.0 Å². The van der Waals surface area contributed by atoms with E-state index in [1.807, 2.05) is 13.2 Å². The maximum absolute atomic E-state index is 12.9. The molecule has 160 valence electrons. The lowest BCUT2D eigenvalue weighted by Crippen LogP contribution is -2.49. The summed E-state index contributed by atoms with van der Waals surface area (Å²) in [5.74, 6) is 1.80. The molecule has 1 saturated carbocycles. The average molecular weight is 431 g/mol. The first-order valence-corrected chi connectivity index (χ1v) is 11.4. The molecule has 9 nitrogen and oxygen atoms in total. The van der Waals surface area contributed by atoms with Crippen LogP contribution in [-0.4, -0.2) is 44.6 Å². The van der Waals surface area contributed by atoms with Gasteiger partial charge in [-0.15, -0.1) is 0 Å². The van der Waals surface area contributed by atoms with Gasteiger partial charge in [0.25, 0.3) is 0 Å². The number of ether oxygens (including phenoxy) is 1. The third kappa shape index (κ3) is 4.05. The van der Waals surface area contributed by atoms with Gasteiger partial charge < -0.3 is 15.5 Å². The minimum absolute atomic E-state index is 0.118. The van der Waals surface area contributed by atoms with Crippen molar-refractivity contribution in [1.29, 1.82) is 0 Å². The Balaban J connectivity index is 1.54. The summed E-state index contributed by atoms with van der Waals surface area (Å²) < 4.78 is 33.8. The van der Waals surface area contributed by atoms with Crippen LogP contribution in [0, 0.1) is 0 Å². The number of aromatic nitrogens is 2. The first-order chi connectivity index (χ1) is 14.4. The highest BCUT2D eigenvalue weighted by molar-refractivity contribution is 7.89. The maximum Gasteiger partial charge on any atom is 0.240 e. The standard InChI is InChI=1S/C20H26N6O3S/c1-13-16-12-21-26(2)19(16)24-20(22-13)23-17-6-4-5-7-18(17)25-30(27,28)15-10-8-14(29-3)9-11-15/h8-12,17-18,21,25H,1,4-7H2,2-3H3,(H,22,23). The van der Waals surface area contributed by atoms with Gasteiger partial charge in [-0.2, -0.15) is 4.98 Å². The predicted molar refractivity (Wildman–Crippen MR) is 116 cm³/mol. The van der Waals surface area contributed by atoms with E-state index in [9.17, 15) is 8.42 Å². The highest BCUT2D eigenvalue weighted by atomic mass is 32.2. The molecule has 0 radical (unpaired) electrons. The van der Waals surface area contributed by atoms with Crippen molar-refractivity contribution in [1.82, 2.24) is 20.1 Å². The molecule has 0 bridgehead atoms. The van der Waals surface area contributed by atoms with E-state index < -0.39 is 10.0 Å². The number of fused-ring (bicyclic) bond motifs is 1. The van der Waals surface area contributed by atoms with Gasteiger partial charge in [-0.1, -0.05) is 19.4 Å². The Hall–Kier alpha value is -2.85. The van der Waals surface area contributed by atoms with Crippen LogP contribution in [0.2, 0.25) is 0 Å². The van der Waals surface area contributed by atoms with Crippen LogP contribution in [-0.2, 0) is 10.0 Å². The van der Waals surface area contributed by atoms with Gasteiger partial charge in [0.05, 0.1) is 22.6 Å². The van der Waals surface area contributed by atoms with Gasteiger partial charge in [-0.05, 0) is 37.1 Å². The Labute approximate surface area is 175 Å². The predicted octanol–water partition coefficient (Wildman–Crippen LogP) is 0.290. The average Bonchev–Trinajstić information content (AvgIpc) is 3.11. The largest absolute Gasteiger partial charge is 0.497 e. The monoisotopic (exact) mass is 430 g/mol. The molecular weight excluding hydrogens is 404 g/mol. The number of hydrogen-bond acceptors (Lipinski definition) is 8. The Morgan fingerprint density at radius 2 is 1.87 bits per heavy atom. The number of anilines is 2. The number of hydrogen-bond donors (Lipinski definition) is 3. The Bertz CT molecular complexity index is 1140. The van der Waals surface area contributed by atoms with Crippen molar-refractivity contribution in [2.45, 2.75) is 42.7 Å². The van der Waals surface area contributed by atoms with Crippen molar-refractivity contribution in [3.8, 4) is 5.75 Å². The Morgan fingerprint density at radius 1 is 1.17 bits per heavy atom. The van der Waals surface area contributed by atoms with E-state index in [4.69, 9.17) is 4.74 Å². The molecular formula is C20H26N6O3S. The van der Waals surface area contributed by atoms with Crippen molar-refractivity contribution in [3.05, 3.63) is 34.8 Å². The third-order valence-corrected chi connectivity index (χ3v) is 6.99. The smallest absolute Gasteiger partial charge is 0.240 e. The molecule has 2 aromatic rings. The van der Waals surface area contributed by atoms with Crippen molar-refractivity contribution >= 4 is 34.6 Å². The molecule has 2 aliphatic rings. The topological polar surface area (TPSA) is 108 Å². The molecule has 10 heteroatoms. The minimum atomic E-state index is -3.66. The molecule has 1 aliphatic carbocycles. The van der Waals surface area contributed by atoms with Crippen LogP contribution in [0.15, 0.2) is 29.2 Å². The van der Waals surface area contributed by atoms with E-state index in [2.05, 4.69) is 32.0 Å². The van der Waals surface area contributed by atoms with E-state index in [0.717, 1.165) is 36.7 Å². The van der Waals surface area contributed by atoms with Crippen LogP contribution >= 0.6 is 0 Å². The van der Waals surface area contributed by atoms with Crippen molar-refractivity contribution in [2.75, 3.05) is 24.5 Å². The van der Waals surface area contributed by atoms with Gasteiger partial charge >= 0.3 is 0 Å². The molecule has 1 aromatic heterocycles. The highest BCUT2D eigenvalue weighted by Crippen LogP contribution is 2.24. The van der Waals surface area contributed by atoms with Crippen molar-refractivity contribution in [2.24, 2.45) is 0 Å². The summed E-state index contributed by atoms with van der Waals surface area (Å²) in [6, 6.07) is 5.99. The lowest BCUT2D eigenvalue weighted by atomic mass is 9.91. The molecule has 30 heavy (non-hydrogen) atoms. The maximum atomic E-state index is 12.9. The van der Waals surface area contributed by atoms with Crippen LogP contribution < -0.4 is 35.8 Å². The van der Waals surface area contributed by atoms with Gasteiger partial charge in [0.15, 0.2) is 5.82 Å². The Morgan fingerprint density at radius 3 is 2.57 bits per heavy atom. The van der Waals surface area contributed by atoms with Crippen molar-refractivity contribution in [3.63, 3.8) is 0 Å². The minimum Gasteiger partial charge on any atom is -0.497 e. The summed E-state index contributed by atoms with van der Waals surface area (Å²) in [6.45, 7) is 4.00. The second kappa shape index (κ2) is 8.11. The molecule has 1 aliphatic heterocycles. The molecule has 0 saturated heterocycles. The summed E-state index contributed by atoms with van der Waals surface area (Å²) in [7, 11) is -0.247. The van der Waals surface area contributed by atoms with E-state index in [1.165, 1.54) is 0 Å². The Kier molecular flexibility index (Phi) is 5.52. The van der Waals surface area contributed by atoms with E-state index >= 15 is 0 Å². The number of nitrogens with one attached hydrogen (secondary N) is 3. The lowest BCUT2D eigenvalue weighted by molar-refractivity contribution is 0.377. The molecule has 2 unspecified atom stereocenters. The lowest BCUT2D eigenvalue weighted by Gasteiger charge is -2.32. The van der Waals surface area contributed by atoms with Crippen LogP contribution in [0.3, 0.4) is 0 Å². The molecule has 0 spiro atoms. The number of rotatable bonds is 6. The third-order valence-electron chi connectivity index (χ3n) is 5.48. The first-order valence-electron chi connectivity index (χ1n) is 9.87. The molecule has 1 fully saturated rings. The molecule has 4 rings (SSSR count). The molecule has 1 aromatic carbocycles. The summed E-state index contributed by atoms with van der Waals surface area (Å²) in [5.41, 5.74) is 3.06. The highest BCUT2D eigenvalue weighted by Gasteiger charge is 2.30. The van der Waals surface area contributed by atoms with Crippen molar-refractivity contribution < 1.29 is 13.2 Å². The van der Waals surface area contributed by atoms with Gasteiger partial charge in [-0.25, -0.2) is 18.1 Å². The SMILES string of the molecule is C=c1nc(NC2CCCCC2NS(=O)(=O)c2ccc(OC)cc2)nc2c1=CNN2C. The summed E-state index contributed by atoms with van der Waals surface area (Å²) in [5, 5.41) is 6.60. The fourth-order valence-electron chi connectivity index (χ4n) is 3.83. The second-order valence-corrected chi connectivity index (χ2v) is 9.22. The summed E-state index contributed by atoms with van der Waals surface area (Å²) in [4.78, 5) is 9.25. The quantitative estimate of drug-likeness (QED) is 0.600. The molecule has 0 amide bonds. The fourth-order valence-corrected chi connectivity index (χ4v) is 5.14. The zero-order valence-electron chi connectivity index (χ0n) is 17.1. The molecule has 2 heterocycles. The van der Waals surface area contributed by atoms with E-state index in [1.54, 1.807) is 36.4 Å². The zero-order chi connectivity index (χ0) is 21.3. The normalized spacial score (nSPS) is 20.8. The first kappa shape index (κ1) is 20.4. The van der Waals surface area contributed by atoms with Crippen LogP contribution in [0.25, 0.3) is 12.8 Å². The number of nitrogens with zero attached hydrogens (tertiary/aromatic N) is 3. The summed E-state index contributed by atoms with van der Waals surface area (Å²) >= 11 is 0. The van der Waals surface area contributed by atoms with Crippen LogP contribution in [0.5, 0.6) is 5.75 Å². The number of methoxy groups -OCH3 is 1. The van der Waals surface area contributed by atoms with E-state index in [0.29, 0.717) is 17.0 Å². The van der Waals surface area contributed by atoms with Gasteiger partial charge in [0.1, 0.15) is 5.75 Å². The zero-order valence-corrected chi connectivity index (χ0v) is 17.9. The van der Waals surface area contributed by atoms with Crippen LogP contribution in [0.4, 0.5) is 11.8 Å². The molecule has 2 atom stereocenters. The molecule has 3 N–H and O–H groups in total. The fraction of sp³-hybridized carbons (Fsp3) is 0.400. The number of hydrazine groups is 1. The van der Waals surface area contributed by atoms with Gasteiger partial charge in [-0.3, -0.25) is 5.01 Å². The summed E-state index contributed by atoms with van der Waals surface area (Å²) in [6.07, 6.45) is 5.35. The van der Waals surface area contributed by atoms with E-state index in [-0.39, 0.29) is 17.0 Å². The second-order valence-electron chi connectivity index (χ2n) is 7.50. The number of benzene rings is 1.